The van der Waals surface area contributed by atoms with Crippen LogP contribution >= 0.6 is 31.9 Å². The van der Waals surface area contributed by atoms with Crippen LogP contribution in [0.4, 0.5) is 34.1 Å². The normalized spacial score (nSPS) is 10.9. The third kappa shape index (κ3) is 6.20. The van der Waals surface area contributed by atoms with Gasteiger partial charge in [0.05, 0.1) is 0 Å². The van der Waals surface area contributed by atoms with Crippen LogP contribution in [-0.4, -0.2) is 0 Å². The van der Waals surface area contributed by atoms with Gasteiger partial charge in [-0.05, 0) is 133 Å². The molecule has 0 bridgehead atoms. The number of hydrogen-bond acceptors (Lipinski definition) is 2. The van der Waals surface area contributed by atoms with E-state index in [9.17, 15) is 0 Å². The maximum Gasteiger partial charge on any atom is 0.0464 e. The molecule has 0 aliphatic rings. The van der Waals surface area contributed by atoms with Gasteiger partial charge in [0.1, 0.15) is 0 Å². The second-order valence-electron chi connectivity index (χ2n) is 10.4. The first-order valence-electron chi connectivity index (χ1n) is 13.9. The number of rotatable bonds is 7. The minimum absolute atomic E-state index is 1.06. The van der Waals surface area contributed by atoms with E-state index in [1.54, 1.807) is 0 Å². The molecule has 6 rings (SSSR count). The molecule has 0 aliphatic carbocycles. The topological polar surface area (TPSA) is 6.48 Å². The van der Waals surface area contributed by atoms with E-state index in [4.69, 9.17) is 0 Å². The van der Waals surface area contributed by atoms with Crippen molar-refractivity contribution < 1.29 is 0 Å². The van der Waals surface area contributed by atoms with Crippen LogP contribution < -0.4 is 9.80 Å². The molecule has 0 saturated heterocycles. The Balaban J connectivity index is 1.32. The van der Waals surface area contributed by atoms with Gasteiger partial charge in [-0.2, -0.15) is 0 Å². The highest BCUT2D eigenvalue weighted by molar-refractivity contribution is 9.10. The van der Waals surface area contributed by atoms with Crippen molar-refractivity contribution in [1.29, 1.82) is 0 Å². The SMILES string of the molecule is Cc1cccc(N(c2ccc(-c3ccc(N(c4ccc(Br)cc4)c4ccc(Br)cc4)cc3)cc2)c2cccc(C)c2)c1. The zero-order valence-electron chi connectivity index (χ0n) is 23.5. The maximum atomic E-state index is 3.57. The molecule has 0 amide bonds. The molecule has 6 aromatic carbocycles. The van der Waals surface area contributed by atoms with Crippen LogP contribution in [0.5, 0.6) is 0 Å². The lowest BCUT2D eigenvalue weighted by Gasteiger charge is -2.26. The lowest BCUT2D eigenvalue weighted by Crippen LogP contribution is -2.10. The predicted molar refractivity (Wildman–Crippen MR) is 186 cm³/mol. The summed E-state index contributed by atoms with van der Waals surface area (Å²) in [6.07, 6.45) is 0. The van der Waals surface area contributed by atoms with Crippen LogP contribution in [0.3, 0.4) is 0 Å². The molecule has 0 radical (unpaired) electrons. The van der Waals surface area contributed by atoms with Crippen molar-refractivity contribution in [3.63, 3.8) is 0 Å². The van der Waals surface area contributed by atoms with Crippen LogP contribution in [0.1, 0.15) is 11.1 Å². The quantitative estimate of drug-likeness (QED) is 0.166. The summed E-state index contributed by atoms with van der Waals surface area (Å²) in [4.78, 5) is 4.59. The molecule has 0 aliphatic heterocycles. The van der Waals surface area contributed by atoms with Gasteiger partial charge < -0.3 is 9.80 Å². The van der Waals surface area contributed by atoms with Crippen molar-refractivity contribution in [3.8, 4) is 11.1 Å². The van der Waals surface area contributed by atoms with E-state index in [2.05, 4.69) is 201 Å². The second-order valence-corrected chi connectivity index (χ2v) is 12.2. The van der Waals surface area contributed by atoms with E-state index in [0.717, 1.165) is 43.1 Å². The Morgan fingerprint density at radius 2 is 0.667 bits per heavy atom. The average molecular weight is 674 g/mol. The molecule has 0 unspecified atom stereocenters. The molecule has 0 N–H and O–H groups in total. The van der Waals surface area contributed by atoms with Gasteiger partial charge in [-0.15, -0.1) is 0 Å². The number of hydrogen-bond donors (Lipinski definition) is 0. The summed E-state index contributed by atoms with van der Waals surface area (Å²) in [6, 6.07) is 51.8. The first kappa shape index (κ1) is 28.0. The minimum atomic E-state index is 1.06. The van der Waals surface area contributed by atoms with Crippen molar-refractivity contribution in [3.05, 3.63) is 166 Å². The molecule has 0 saturated carbocycles. The predicted octanol–water partition coefficient (Wildman–Crippen LogP) is 12.4. The average Bonchev–Trinajstić information content (AvgIpc) is 3.00. The number of benzene rings is 6. The molecule has 2 nitrogen and oxygen atoms in total. The summed E-state index contributed by atoms with van der Waals surface area (Å²) >= 11 is 7.14. The van der Waals surface area contributed by atoms with Gasteiger partial charge in [-0.25, -0.2) is 0 Å². The van der Waals surface area contributed by atoms with Gasteiger partial charge in [0.25, 0.3) is 0 Å². The standard InChI is InChI=1S/C38H30Br2N2/c1-27-5-3-7-37(25-27)42(38-8-4-6-28(2)26-38)34-19-11-30(12-20-34)29-9-17-33(18-10-29)41(35-21-13-31(39)14-22-35)36-23-15-32(40)16-24-36/h3-26H,1-2H3. The van der Waals surface area contributed by atoms with Crippen LogP contribution in [0, 0.1) is 13.8 Å². The summed E-state index contributed by atoms with van der Waals surface area (Å²) in [5.74, 6) is 0. The summed E-state index contributed by atoms with van der Waals surface area (Å²) in [5.41, 5.74) is 11.6. The fourth-order valence-corrected chi connectivity index (χ4v) is 5.74. The third-order valence-electron chi connectivity index (χ3n) is 7.27. The number of anilines is 6. The highest BCUT2D eigenvalue weighted by Crippen LogP contribution is 2.38. The van der Waals surface area contributed by atoms with Crippen molar-refractivity contribution in [2.24, 2.45) is 0 Å². The van der Waals surface area contributed by atoms with Gasteiger partial charge in [0.15, 0.2) is 0 Å². The molecule has 0 atom stereocenters. The Morgan fingerprint density at radius 3 is 1.00 bits per heavy atom. The third-order valence-corrected chi connectivity index (χ3v) is 8.33. The Kier molecular flexibility index (Phi) is 8.27. The fourth-order valence-electron chi connectivity index (χ4n) is 5.21. The number of aryl methyl sites for hydroxylation is 2. The summed E-state index contributed by atoms with van der Waals surface area (Å²) in [5, 5.41) is 0. The van der Waals surface area contributed by atoms with Crippen LogP contribution in [-0.2, 0) is 0 Å². The molecule has 0 aromatic heterocycles. The van der Waals surface area contributed by atoms with Crippen molar-refractivity contribution in [1.82, 2.24) is 0 Å². The zero-order chi connectivity index (χ0) is 29.1. The maximum absolute atomic E-state index is 3.57. The smallest absolute Gasteiger partial charge is 0.0464 e. The first-order valence-corrected chi connectivity index (χ1v) is 15.5. The summed E-state index contributed by atoms with van der Waals surface area (Å²) < 4.78 is 2.12. The lowest BCUT2D eigenvalue weighted by molar-refractivity contribution is 1.26. The lowest BCUT2D eigenvalue weighted by atomic mass is 10.0. The fraction of sp³-hybridized carbons (Fsp3) is 0.0526. The monoisotopic (exact) mass is 672 g/mol. The van der Waals surface area contributed by atoms with Crippen molar-refractivity contribution in [2.45, 2.75) is 13.8 Å². The zero-order valence-corrected chi connectivity index (χ0v) is 26.7. The minimum Gasteiger partial charge on any atom is -0.311 e. The molecule has 0 heterocycles. The van der Waals surface area contributed by atoms with E-state index in [-0.39, 0.29) is 0 Å². The molecule has 4 heteroatoms. The van der Waals surface area contributed by atoms with E-state index in [1.165, 1.54) is 22.3 Å². The molecule has 206 valence electrons. The van der Waals surface area contributed by atoms with Gasteiger partial charge in [-0.1, -0.05) is 80.4 Å². The first-order chi connectivity index (χ1) is 20.4. The van der Waals surface area contributed by atoms with E-state index in [0.29, 0.717) is 0 Å². The number of nitrogens with zero attached hydrogens (tertiary/aromatic N) is 2. The Labute approximate surface area is 265 Å². The highest BCUT2D eigenvalue weighted by Gasteiger charge is 2.15. The van der Waals surface area contributed by atoms with Gasteiger partial charge >= 0.3 is 0 Å². The number of halogens is 2. The molecule has 42 heavy (non-hydrogen) atoms. The Bertz CT molecular complexity index is 1700. The van der Waals surface area contributed by atoms with Crippen molar-refractivity contribution >= 4 is 66.0 Å². The molecular formula is C38H30Br2N2. The Hall–Kier alpha value is -4.12. The summed E-state index contributed by atoms with van der Waals surface area (Å²) in [7, 11) is 0. The second kappa shape index (κ2) is 12.4. The highest BCUT2D eigenvalue weighted by atomic mass is 79.9. The molecule has 0 fully saturated rings. The van der Waals surface area contributed by atoms with E-state index in [1.807, 2.05) is 0 Å². The largest absolute Gasteiger partial charge is 0.311 e. The van der Waals surface area contributed by atoms with Gasteiger partial charge in [0, 0.05) is 43.1 Å². The van der Waals surface area contributed by atoms with Crippen molar-refractivity contribution in [2.75, 3.05) is 9.80 Å². The molecular weight excluding hydrogens is 644 g/mol. The van der Waals surface area contributed by atoms with E-state index < -0.39 is 0 Å². The van der Waals surface area contributed by atoms with Crippen LogP contribution in [0.2, 0.25) is 0 Å². The van der Waals surface area contributed by atoms with E-state index >= 15 is 0 Å². The summed E-state index contributed by atoms with van der Waals surface area (Å²) in [6.45, 7) is 4.28. The molecule has 6 aromatic rings. The van der Waals surface area contributed by atoms with Crippen LogP contribution in [0.25, 0.3) is 11.1 Å². The Morgan fingerprint density at radius 1 is 0.357 bits per heavy atom. The van der Waals surface area contributed by atoms with Crippen LogP contribution in [0.15, 0.2) is 155 Å². The van der Waals surface area contributed by atoms with Gasteiger partial charge in [0.2, 0.25) is 0 Å². The molecule has 0 spiro atoms. The van der Waals surface area contributed by atoms with Gasteiger partial charge in [-0.3, -0.25) is 0 Å².